The minimum atomic E-state index is -3.50. The van der Waals surface area contributed by atoms with Gasteiger partial charge in [-0.1, -0.05) is 19.1 Å². The summed E-state index contributed by atoms with van der Waals surface area (Å²) >= 11 is 0. The van der Waals surface area contributed by atoms with E-state index in [0.717, 1.165) is 18.7 Å². The maximum Gasteiger partial charge on any atom is 0.240 e. The predicted molar refractivity (Wildman–Crippen MR) is 84.7 cm³/mol. The predicted octanol–water partition coefficient (Wildman–Crippen LogP) is 1.89. The fourth-order valence-corrected chi connectivity index (χ4v) is 3.05. The summed E-state index contributed by atoms with van der Waals surface area (Å²) < 4.78 is 32.5. The SMILES string of the molecule is CCNCc1ccc(S(=O)(=O)NCC(C)(C)OCC)cc1. The number of sulfonamides is 1. The van der Waals surface area contributed by atoms with Crippen molar-refractivity contribution in [1.29, 1.82) is 0 Å². The minimum absolute atomic E-state index is 0.238. The zero-order valence-electron chi connectivity index (χ0n) is 13.3. The Kier molecular flexibility index (Phi) is 6.80. The number of benzene rings is 1. The first kappa shape index (κ1) is 18.1. The lowest BCUT2D eigenvalue weighted by molar-refractivity contribution is -0.00515. The van der Waals surface area contributed by atoms with Gasteiger partial charge in [-0.15, -0.1) is 0 Å². The highest BCUT2D eigenvalue weighted by Gasteiger charge is 2.22. The zero-order valence-corrected chi connectivity index (χ0v) is 14.1. The van der Waals surface area contributed by atoms with Crippen LogP contribution in [0.25, 0.3) is 0 Å². The molecule has 21 heavy (non-hydrogen) atoms. The largest absolute Gasteiger partial charge is 0.375 e. The molecule has 0 aliphatic carbocycles. The summed E-state index contributed by atoms with van der Waals surface area (Å²) in [6.07, 6.45) is 0. The van der Waals surface area contributed by atoms with Crippen molar-refractivity contribution < 1.29 is 13.2 Å². The molecule has 0 bridgehead atoms. The maximum atomic E-state index is 12.2. The second-order valence-electron chi connectivity index (χ2n) is 5.44. The summed E-state index contributed by atoms with van der Waals surface area (Å²) in [4.78, 5) is 0.273. The van der Waals surface area contributed by atoms with Gasteiger partial charge in [0.25, 0.3) is 0 Å². The fraction of sp³-hybridized carbons (Fsp3) is 0.600. The molecule has 0 atom stereocenters. The van der Waals surface area contributed by atoms with E-state index in [1.165, 1.54) is 0 Å². The van der Waals surface area contributed by atoms with Crippen LogP contribution < -0.4 is 10.0 Å². The van der Waals surface area contributed by atoms with Crippen molar-refractivity contribution in [1.82, 2.24) is 10.0 Å². The lowest BCUT2D eigenvalue weighted by Gasteiger charge is -2.24. The first-order valence-electron chi connectivity index (χ1n) is 7.24. The highest BCUT2D eigenvalue weighted by molar-refractivity contribution is 7.89. The van der Waals surface area contributed by atoms with Gasteiger partial charge in [0.15, 0.2) is 0 Å². The minimum Gasteiger partial charge on any atom is -0.375 e. The summed E-state index contributed by atoms with van der Waals surface area (Å²) in [5, 5.41) is 3.20. The van der Waals surface area contributed by atoms with Crippen LogP contribution in [0.5, 0.6) is 0 Å². The second kappa shape index (κ2) is 7.89. The molecule has 0 radical (unpaired) electrons. The van der Waals surface area contributed by atoms with E-state index in [-0.39, 0.29) is 11.4 Å². The van der Waals surface area contributed by atoms with Crippen LogP contribution in [-0.2, 0) is 21.3 Å². The van der Waals surface area contributed by atoms with Crippen molar-refractivity contribution in [2.75, 3.05) is 19.7 Å². The Morgan fingerprint density at radius 3 is 2.29 bits per heavy atom. The molecular weight excluding hydrogens is 288 g/mol. The highest BCUT2D eigenvalue weighted by Crippen LogP contribution is 2.13. The molecule has 0 aliphatic rings. The molecule has 0 spiro atoms. The van der Waals surface area contributed by atoms with E-state index in [9.17, 15) is 8.42 Å². The van der Waals surface area contributed by atoms with E-state index in [1.807, 2.05) is 39.8 Å². The van der Waals surface area contributed by atoms with Crippen molar-refractivity contribution in [3.05, 3.63) is 29.8 Å². The third kappa shape index (κ3) is 6.13. The van der Waals surface area contributed by atoms with Gasteiger partial charge in [-0.25, -0.2) is 13.1 Å². The van der Waals surface area contributed by atoms with Crippen molar-refractivity contribution in [3.8, 4) is 0 Å². The standard InChI is InChI=1S/C15H26N2O3S/c1-5-16-11-13-7-9-14(10-8-13)21(18,19)17-12-15(3,4)20-6-2/h7-10,16-17H,5-6,11-12H2,1-4H3. The molecule has 0 saturated heterocycles. The summed E-state index contributed by atoms with van der Waals surface area (Å²) in [6, 6.07) is 6.90. The Hall–Kier alpha value is -0.950. The quantitative estimate of drug-likeness (QED) is 0.730. The maximum absolute atomic E-state index is 12.2. The Morgan fingerprint density at radius 2 is 1.76 bits per heavy atom. The number of hydrogen-bond donors (Lipinski definition) is 2. The van der Waals surface area contributed by atoms with Gasteiger partial charge in [0.1, 0.15) is 0 Å². The normalized spacial score (nSPS) is 12.6. The monoisotopic (exact) mass is 314 g/mol. The number of ether oxygens (including phenoxy) is 1. The van der Waals surface area contributed by atoms with Crippen LogP contribution in [0, 0.1) is 0 Å². The second-order valence-corrected chi connectivity index (χ2v) is 7.21. The molecule has 0 aromatic heterocycles. The van der Waals surface area contributed by atoms with Gasteiger partial charge < -0.3 is 10.1 Å². The van der Waals surface area contributed by atoms with Crippen LogP contribution in [-0.4, -0.2) is 33.7 Å². The Labute approximate surface area is 128 Å². The van der Waals surface area contributed by atoms with Crippen LogP contribution in [0.15, 0.2) is 29.2 Å². The van der Waals surface area contributed by atoms with E-state index in [0.29, 0.717) is 6.61 Å². The van der Waals surface area contributed by atoms with Crippen LogP contribution >= 0.6 is 0 Å². The molecule has 0 fully saturated rings. The van der Waals surface area contributed by atoms with Gasteiger partial charge >= 0.3 is 0 Å². The van der Waals surface area contributed by atoms with E-state index in [2.05, 4.69) is 10.0 Å². The van der Waals surface area contributed by atoms with E-state index in [4.69, 9.17) is 4.74 Å². The first-order valence-corrected chi connectivity index (χ1v) is 8.72. The van der Waals surface area contributed by atoms with Crippen molar-refractivity contribution in [3.63, 3.8) is 0 Å². The van der Waals surface area contributed by atoms with Gasteiger partial charge in [0.05, 0.1) is 10.5 Å². The third-order valence-electron chi connectivity index (χ3n) is 3.04. The van der Waals surface area contributed by atoms with Gasteiger partial charge in [0.2, 0.25) is 10.0 Å². The van der Waals surface area contributed by atoms with E-state index >= 15 is 0 Å². The van der Waals surface area contributed by atoms with Gasteiger partial charge in [-0.05, 0) is 45.0 Å². The Balaban J connectivity index is 2.70. The average molecular weight is 314 g/mol. The molecule has 0 saturated carbocycles. The summed E-state index contributed by atoms with van der Waals surface area (Å²) in [5.41, 5.74) is 0.540. The molecule has 120 valence electrons. The average Bonchev–Trinajstić information content (AvgIpc) is 2.44. The number of rotatable bonds is 9. The Morgan fingerprint density at radius 1 is 1.14 bits per heavy atom. The molecule has 1 aromatic rings. The summed E-state index contributed by atoms with van der Waals surface area (Å²) in [6.45, 7) is 10.0. The molecule has 0 aliphatic heterocycles. The lowest BCUT2D eigenvalue weighted by Crippen LogP contribution is -2.40. The first-order chi connectivity index (χ1) is 9.80. The molecule has 5 nitrogen and oxygen atoms in total. The van der Waals surface area contributed by atoms with E-state index in [1.54, 1.807) is 12.1 Å². The molecule has 0 heterocycles. The van der Waals surface area contributed by atoms with Gasteiger partial charge in [0, 0.05) is 19.7 Å². The van der Waals surface area contributed by atoms with Gasteiger partial charge in [-0.2, -0.15) is 0 Å². The van der Waals surface area contributed by atoms with Gasteiger partial charge in [-0.3, -0.25) is 0 Å². The van der Waals surface area contributed by atoms with Crippen molar-refractivity contribution in [2.45, 2.75) is 44.7 Å². The Bertz CT molecular complexity index is 524. The molecule has 0 amide bonds. The molecule has 1 aromatic carbocycles. The third-order valence-corrected chi connectivity index (χ3v) is 4.45. The molecule has 0 unspecified atom stereocenters. The number of nitrogens with one attached hydrogen (secondary N) is 2. The van der Waals surface area contributed by atoms with Crippen LogP contribution in [0.3, 0.4) is 0 Å². The van der Waals surface area contributed by atoms with Crippen LogP contribution in [0.1, 0.15) is 33.3 Å². The highest BCUT2D eigenvalue weighted by atomic mass is 32.2. The summed E-state index contributed by atoms with van der Waals surface area (Å²) in [5.74, 6) is 0. The molecule has 1 rings (SSSR count). The van der Waals surface area contributed by atoms with Crippen molar-refractivity contribution in [2.24, 2.45) is 0 Å². The van der Waals surface area contributed by atoms with Crippen molar-refractivity contribution >= 4 is 10.0 Å². The van der Waals surface area contributed by atoms with Crippen LogP contribution in [0.2, 0.25) is 0 Å². The summed E-state index contributed by atoms with van der Waals surface area (Å²) in [7, 11) is -3.50. The topological polar surface area (TPSA) is 67.4 Å². The smallest absolute Gasteiger partial charge is 0.240 e. The fourth-order valence-electron chi connectivity index (χ4n) is 1.85. The number of hydrogen-bond acceptors (Lipinski definition) is 4. The molecule has 6 heteroatoms. The molecule has 2 N–H and O–H groups in total. The molecular formula is C15H26N2O3S. The zero-order chi connectivity index (χ0) is 15.9. The lowest BCUT2D eigenvalue weighted by atomic mass is 10.1. The van der Waals surface area contributed by atoms with E-state index < -0.39 is 15.6 Å². The van der Waals surface area contributed by atoms with Crippen LogP contribution in [0.4, 0.5) is 0 Å².